The van der Waals surface area contributed by atoms with Crippen LogP contribution in [0.1, 0.15) is 43.1 Å². The maximum absolute atomic E-state index is 12.3. The van der Waals surface area contributed by atoms with E-state index in [9.17, 15) is 4.79 Å². The monoisotopic (exact) mass is 389 g/mol. The molecule has 1 saturated carbocycles. The van der Waals surface area contributed by atoms with Crippen molar-refractivity contribution in [3.8, 4) is 17.1 Å². The van der Waals surface area contributed by atoms with Gasteiger partial charge in [-0.15, -0.1) is 0 Å². The molecule has 4 rings (SSSR count). The van der Waals surface area contributed by atoms with Gasteiger partial charge < -0.3 is 14.6 Å². The molecule has 6 nitrogen and oxygen atoms in total. The number of amides is 1. The predicted molar refractivity (Wildman–Crippen MR) is 112 cm³/mol. The van der Waals surface area contributed by atoms with E-state index < -0.39 is 0 Å². The molecule has 0 spiro atoms. The molecule has 1 aliphatic carbocycles. The highest BCUT2D eigenvalue weighted by Crippen LogP contribution is 2.34. The highest BCUT2D eigenvalue weighted by molar-refractivity contribution is 6.02. The first kappa shape index (κ1) is 18.9. The lowest BCUT2D eigenvalue weighted by Gasteiger charge is -2.04. The van der Waals surface area contributed by atoms with E-state index >= 15 is 0 Å². The van der Waals surface area contributed by atoms with Gasteiger partial charge in [-0.2, -0.15) is 4.98 Å². The Morgan fingerprint density at radius 3 is 2.72 bits per heavy atom. The second kappa shape index (κ2) is 8.73. The number of ether oxygens (including phenoxy) is 1. The molecule has 3 aromatic rings. The zero-order chi connectivity index (χ0) is 20.1. The molecule has 0 unspecified atom stereocenters. The molecule has 0 atom stereocenters. The highest BCUT2D eigenvalue weighted by atomic mass is 16.5. The molecule has 1 fully saturated rings. The van der Waals surface area contributed by atoms with Crippen molar-refractivity contribution in [1.29, 1.82) is 0 Å². The number of rotatable bonds is 6. The summed E-state index contributed by atoms with van der Waals surface area (Å²) < 4.78 is 10.6. The minimum Gasteiger partial charge on any atom is -0.497 e. The van der Waals surface area contributed by atoms with Crippen molar-refractivity contribution in [2.24, 2.45) is 0 Å². The van der Waals surface area contributed by atoms with E-state index in [4.69, 9.17) is 9.26 Å². The largest absolute Gasteiger partial charge is 0.497 e. The van der Waals surface area contributed by atoms with E-state index in [1.165, 1.54) is 18.9 Å². The SMILES string of the molecule is COc1ccc(/C=C/C(=O)Nc2cccc(-c3noc(C4CCCC4)n3)c2)cc1. The molecule has 29 heavy (non-hydrogen) atoms. The Morgan fingerprint density at radius 2 is 1.97 bits per heavy atom. The van der Waals surface area contributed by atoms with Gasteiger partial charge in [0.2, 0.25) is 17.6 Å². The highest BCUT2D eigenvalue weighted by Gasteiger charge is 2.23. The molecule has 1 amide bonds. The third-order valence-corrected chi connectivity index (χ3v) is 5.08. The zero-order valence-electron chi connectivity index (χ0n) is 16.3. The van der Waals surface area contributed by atoms with Gasteiger partial charge in [0, 0.05) is 23.2 Å². The van der Waals surface area contributed by atoms with Crippen molar-refractivity contribution >= 4 is 17.7 Å². The molecule has 0 aliphatic heterocycles. The lowest BCUT2D eigenvalue weighted by molar-refractivity contribution is -0.111. The Labute approximate surface area is 169 Å². The number of hydrogen-bond acceptors (Lipinski definition) is 5. The van der Waals surface area contributed by atoms with Gasteiger partial charge >= 0.3 is 0 Å². The molecule has 0 radical (unpaired) electrons. The number of hydrogen-bond donors (Lipinski definition) is 1. The second-order valence-electron chi connectivity index (χ2n) is 7.11. The first-order valence-electron chi connectivity index (χ1n) is 9.78. The number of carbonyl (C=O) groups is 1. The third kappa shape index (κ3) is 4.71. The summed E-state index contributed by atoms with van der Waals surface area (Å²) in [6, 6.07) is 14.9. The van der Waals surface area contributed by atoms with Crippen molar-refractivity contribution in [3.05, 3.63) is 66.1 Å². The van der Waals surface area contributed by atoms with E-state index in [2.05, 4.69) is 15.5 Å². The van der Waals surface area contributed by atoms with Crippen molar-refractivity contribution in [2.45, 2.75) is 31.6 Å². The Morgan fingerprint density at radius 1 is 1.17 bits per heavy atom. The molecule has 0 bridgehead atoms. The van der Waals surface area contributed by atoms with Gasteiger partial charge in [0.15, 0.2) is 0 Å². The summed E-state index contributed by atoms with van der Waals surface area (Å²) in [7, 11) is 1.62. The van der Waals surface area contributed by atoms with Crippen LogP contribution in [0.4, 0.5) is 5.69 Å². The molecular weight excluding hydrogens is 366 g/mol. The molecule has 148 valence electrons. The first-order chi connectivity index (χ1) is 14.2. The van der Waals surface area contributed by atoms with Gasteiger partial charge in [0.1, 0.15) is 5.75 Å². The molecule has 0 saturated heterocycles. The smallest absolute Gasteiger partial charge is 0.248 e. The van der Waals surface area contributed by atoms with Crippen LogP contribution >= 0.6 is 0 Å². The maximum atomic E-state index is 12.3. The van der Waals surface area contributed by atoms with Gasteiger partial charge in [-0.3, -0.25) is 4.79 Å². The average Bonchev–Trinajstić information content (AvgIpc) is 3.44. The van der Waals surface area contributed by atoms with Crippen molar-refractivity contribution in [1.82, 2.24) is 10.1 Å². The van der Waals surface area contributed by atoms with Gasteiger partial charge in [-0.25, -0.2) is 0 Å². The minimum absolute atomic E-state index is 0.210. The predicted octanol–water partition coefficient (Wildman–Crippen LogP) is 5.05. The standard InChI is InChI=1S/C23H23N3O3/c1-28-20-12-9-16(10-13-20)11-14-21(27)24-19-8-4-7-18(15-19)22-25-23(29-26-22)17-5-2-3-6-17/h4,7-15,17H,2-3,5-6H2,1H3,(H,24,27)/b14-11+. The van der Waals surface area contributed by atoms with Crippen LogP contribution in [-0.4, -0.2) is 23.2 Å². The Balaban J connectivity index is 1.41. The van der Waals surface area contributed by atoms with Gasteiger partial charge in [-0.05, 0) is 48.7 Å². The second-order valence-corrected chi connectivity index (χ2v) is 7.11. The Bertz CT molecular complexity index is 1000. The molecule has 1 heterocycles. The molecule has 1 aliphatic rings. The third-order valence-electron chi connectivity index (χ3n) is 5.08. The Kier molecular flexibility index (Phi) is 5.70. The number of methoxy groups -OCH3 is 1. The number of carbonyl (C=O) groups excluding carboxylic acids is 1. The van der Waals surface area contributed by atoms with Crippen molar-refractivity contribution in [2.75, 3.05) is 12.4 Å². The lowest BCUT2D eigenvalue weighted by atomic mass is 10.1. The fourth-order valence-corrected chi connectivity index (χ4v) is 3.50. The summed E-state index contributed by atoms with van der Waals surface area (Å²) in [4.78, 5) is 16.8. The van der Waals surface area contributed by atoms with Crippen LogP contribution in [0.3, 0.4) is 0 Å². The van der Waals surface area contributed by atoms with Crippen LogP contribution in [-0.2, 0) is 4.79 Å². The van der Waals surface area contributed by atoms with E-state index in [0.717, 1.165) is 35.6 Å². The van der Waals surface area contributed by atoms with Crippen LogP contribution in [0, 0.1) is 0 Å². The van der Waals surface area contributed by atoms with E-state index in [1.54, 1.807) is 13.2 Å². The number of nitrogens with zero attached hydrogens (tertiary/aromatic N) is 2. The van der Waals surface area contributed by atoms with Crippen LogP contribution < -0.4 is 10.1 Å². The van der Waals surface area contributed by atoms with Crippen molar-refractivity contribution < 1.29 is 14.1 Å². The van der Waals surface area contributed by atoms with Gasteiger partial charge in [0.25, 0.3) is 0 Å². The summed E-state index contributed by atoms with van der Waals surface area (Å²) in [5, 5.41) is 6.99. The molecule has 2 aromatic carbocycles. The lowest BCUT2D eigenvalue weighted by Crippen LogP contribution is -2.07. The summed E-state index contributed by atoms with van der Waals surface area (Å²) in [6.45, 7) is 0. The normalized spacial score (nSPS) is 14.4. The quantitative estimate of drug-likeness (QED) is 0.597. The Hall–Kier alpha value is -3.41. The van der Waals surface area contributed by atoms with Crippen LogP contribution in [0.15, 0.2) is 59.1 Å². The zero-order valence-corrected chi connectivity index (χ0v) is 16.3. The molecule has 1 aromatic heterocycles. The van der Waals surface area contributed by atoms with Gasteiger partial charge in [-0.1, -0.05) is 42.3 Å². The molecule has 6 heteroatoms. The maximum Gasteiger partial charge on any atom is 0.248 e. The number of anilines is 1. The number of benzene rings is 2. The molecular formula is C23H23N3O3. The minimum atomic E-state index is -0.210. The van der Waals surface area contributed by atoms with E-state index in [0.29, 0.717) is 17.4 Å². The topological polar surface area (TPSA) is 77.2 Å². The van der Waals surface area contributed by atoms with Crippen molar-refractivity contribution in [3.63, 3.8) is 0 Å². The molecule has 1 N–H and O–H groups in total. The van der Waals surface area contributed by atoms with Crippen LogP contribution in [0.25, 0.3) is 17.5 Å². The number of nitrogens with one attached hydrogen (secondary N) is 1. The van der Waals surface area contributed by atoms with E-state index in [1.807, 2.05) is 48.5 Å². The summed E-state index contributed by atoms with van der Waals surface area (Å²) in [6.07, 6.45) is 7.91. The summed E-state index contributed by atoms with van der Waals surface area (Å²) in [5.41, 5.74) is 2.41. The summed E-state index contributed by atoms with van der Waals surface area (Å²) in [5.74, 6) is 2.21. The van der Waals surface area contributed by atoms with Crippen LogP contribution in [0.5, 0.6) is 5.75 Å². The fourth-order valence-electron chi connectivity index (χ4n) is 3.50. The first-order valence-corrected chi connectivity index (χ1v) is 9.78. The van der Waals surface area contributed by atoms with E-state index in [-0.39, 0.29) is 5.91 Å². The van der Waals surface area contributed by atoms with Crippen LogP contribution in [0.2, 0.25) is 0 Å². The number of aromatic nitrogens is 2. The summed E-state index contributed by atoms with van der Waals surface area (Å²) >= 11 is 0. The average molecular weight is 389 g/mol. The van der Waals surface area contributed by atoms with Gasteiger partial charge in [0.05, 0.1) is 7.11 Å². The fraction of sp³-hybridized carbons (Fsp3) is 0.261.